The summed E-state index contributed by atoms with van der Waals surface area (Å²) in [6.45, 7) is 0. The third kappa shape index (κ3) is 2.64. The van der Waals surface area contributed by atoms with E-state index in [4.69, 9.17) is 5.73 Å². The SMILES string of the molecule is NC(=O)c1[nH]ncc1NC(=O)C1CCCCC1. The first-order valence-corrected chi connectivity index (χ1v) is 5.82. The molecule has 0 spiro atoms. The fraction of sp³-hybridized carbons (Fsp3) is 0.545. The van der Waals surface area contributed by atoms with Crippen molar-refractivity contribution in [1.29, 1.82) is 0 Å². The minimum Gasteiger partial charge on any atom is -0.364 e. The molecule has 92 valence electrons. The minimum absolute atomic E-state index is 0.0411. The van der Waals surface area contributed by atoms with Crippen LogP contribution in [0.15, 0.2) is 6.20 Å². The van der Waals surface area contributed by atoms with Gasteiger partial charge in [0, 0.05) is 5.92 Å². The predicted octanol–water partition coefficient (Wildman–Crippen LogP) is 1.03. The number of carbonyl (C=O) groups is 2. The lowest BCUT2D eigenvalue weighted by atomic mass is 9.88. The summed E-state index contributed by atoms with van der Waals surface area (Å²) in [6, 6.07) is 0. The van der Waals surface area contributed by atoms with E-state index >= 15 is 0 Å². The third-order valence-electron chi connectivity index (χ3n) is 3.12. The van der Waals surface area contributed by atoms with Crippen LogP contribution in [0.5, 0.6) is 0 Å². The zero-order valence-electron chi connectivity index (χ0n) is 9.53. The van der Waals surface area contributed by atoms with Gasteiger partial charge in [-0.15, -0.1) is 0 Å². The summed E-state index contributed by atoms with van der Waals surface area (Å²) in [4.78, 5) is 23.0. The topological polar surface area (TPSA) is 101 Å². The lowest BCUT2D eigenvalue weighted by molar-refractivity contribution is -0.120. The van der Waals surface area contributed by atoms with Crippen molar-refractivity contribution in [1.82, 2.24) is 10.2 Å². The Hall–Kier alpha value is -1.85. The molecule has 1 aromatic rings. The molecule has 17 heavy (non-hydrogen) atoms. The maximum Gasteiger partial charge on any atom is 0.268 e. The summed E-state index contributed by atoms with van der Waals surface area (Å²) >= 11 is 0. The fourth-order valence-electron chi connectivity index (χ4n) is 2.17. The van der Waals surface area contributed by atoms with Crippen LogP contribution in [-0.2, 0) is 4.79 Å². The number of nitrogens with zero attached hydrogens (tertiary/aromatic N) is 1. The van der Waals surface area contributed by atoms with Gasteiger partial charge in [0.1, 0.15) is 5.69 Å². The Labute approximate surface area is 99.0 Å². The molecule has 1 aliphatic carbocycles. The Morgan fingerprint density at radius 3 is 2.71 bits per heavy atom. The molecule has 0 radical (unpaired) electrons. The summed E-state index contributed by atoms with van der Waals surface area (Å²) in [7, 11) is 0. The van der Waals surface area contributed by atoms with Crippen LogP contribution in [0.2, 0.25) is 0 Å². The summed E-state index contributed by atoms with van der Waals surface area (Å²) in [6.07, 6.45) is 6.60. The monoisotopic (exact) mass is 236 g/mol. The van der Waals surface area contributed by atoms with Gasteiger partial charge in [-0.25, -0.2) is 0 Å². The summed E-state index contributed by atoms with van der Waals surface area (Å²) in [5, 5.41) is 8.88. The maximum absolute atomic E-state index is 11.9. The van der Waals surface area contributed by atoms with Gasteiger partial charge in [-0.1, -0.05) is 19.3 Å². The summed E-state index contributed by atoms with van der Waals surface area (Å²) in [5.74, 6) is -0.630. The first-order chi connectivity index (χ1) is 8.18. The van der Waals surface area contributed by atoms with Gasteiger partial charge in [0.2, 0.25) is 5.91 Å². The van der Waals surface area contributed by atoms with Crippen LogP contribution in [0.25, 0.3) is 0 Å². The van der Waals surface area contributed by atoms with Crippen molar-refractivity contribution >= 4 is 17.5 Å². The Morgan fingerprint density at radius 1 is 1.35 bits per heavy atom. The van der Waals surface area contributed by atoms with Gasteiger partial charge < -0.3 is 11.1 Å². The van der Waals surface area contributed by atoms with E-state index in [1.807, 2.05) is 0 Å². The lowest BCUT2D eigenvalue weighted by Gasteiger charge is -2.20. The lowest BCUT2D eigenvalue weighted by Crippen LogP contribution is -2.26. The average Bonchev–Trinajstić information content (AvgIpc) is 2.78. The summed E-state index contributed by atoms with van der Waals surface area (Å²) in [5.41, 5.74) is 5.67. The quantitative estimate of drug-likeness (QED) is 0.730. The Morgan fingerprint density at radius 2 is 2.06 bits per heavy atom. The predicted molar refractivity (Wildman–Crippen MR) is 62.3 cm³/mol. The molecule has 1 fully saturated rings. The van der Waals surface area contributed by atoms with Gasteiger partial charge in [0.05, 0.1) is 11.9 Å². The van der Waals surface area contributed by atoms with Crippen molar-refractivity contribution in [2.24, 2.45) is 11.7 Å². The molecule has 1 saturated carbocycles. The molecule has 6 nitrogen and oxygen atoms in total. The molecular weight excluding hydrogens is 220 g/mol. The number of aromatic amines is 1. The molecule has 1 heterocycles. The first kappa shape index (κ1) is 11.6. The number of amides is 2. The van der Waals surface area contributed by atoms with Crippen molar-refractivity contribution in [3.63, 3.8) is 0 Å². The van der Waals surface area contributed by atoms with Crippen molar-refractivity contribution in [2.75, 3.05) is 5.32 Å². The smallest absolute Gasteiger partial charge is 0.268 e. The van der Waals surface area contributed by atoms with Crippen LogP contribution >= 0.6 is 0 Å². The molecule has 2 amide bonds. The molecule has 4 N–H and O–H groups in total. The van der Waals surface area contributed by atoms with Gasteiger partial charge in [0.25, 0.3) is 5.91 Å². The number of rotatable bonds is 3. The second kappa shape index (κ2) is 4.99. The zero-order valence-corrected chi connectivity index (χ0v) is 9.53. The van der Waals surface area contributed by atoms with Crippen molar-refractivity contribution in [3.05, 3.63) is 11.9 Å². The van der Waals surface area contributed by atoms with Crippen LogP contribution in [0.4, 0.5) is 5.69 Å². The van der Waals surface area contributed by atoms with Crippen molar-refractivity contribution in [3.8, 4) is 0 Å². The molecule has 2 rings (SSSR count). The molecule has 0 bridgehead atoms. The van der Waals surface area contributed by atoms with E-state index in [0.29, 0.717) is 5.69 Å². The molecule has 0 aliphatic heterocycles. The molecular formula is C11H16N4O2. The number of hydrogen-bond donors (Lipinski definition) is 3. The molecule has 0 unspecified atom stereocenters. The molecule has 0 aromatic carbocycles. The van der Waals surface area contributed by atoms with Crippen LogP contribution in [0.3, 0.4) is 0 Å². The minimum atomic E-state index is -0.624. The van der Waals surface area contributed by atoms with E-state index in [1.54, 1.807) is 0 Å². The van der Waals surface area contributed by atoms with Crippen LogP contribution in [-0.4, -0.2) is 22.0 Å². The number of primary amides is 1. The number of anilines is 1. The number of nitrogens with one attached hydrogen (secondary N) is 2. The first-order valence-electron chi connectivity index (χ1n) is 5.82. The highest BCUT2D eigenvalue weighted by Gasteiger charge is 2.22. The maximum atomic E-state index is 11.9. The number of nitrogens with two attached hydrogens (primary N) is 1. The van der Waals surface area contributed by atoms with Gasteiger partial charge in [-0.3, -0.25) is 14.7 Å². The average molecular weight is 236 g/mol. The van der Waals surface area contributed by atoms with Gasteiger partial charge in [0.15, 0.2) is 0 Å². The third-order valence-corrected chi connectivity index (χ3v) is 3.12. The van der Waals surface area contributed by atoms with Gasteiger partial charge in [-0.05, 0) is 12.8 Å². The number of H-pyrrole nitrogens is 1. The van der Waals surface area contributed by atoms with Crippen LogP contribution in [0.1, 0.15) is 42.6 Å². The normalized spacial score (nSPS) is 16.7. The van der Waals surface area contributed by atoms with Crippen LogP contribution in [0, 0.1) is 5.92 Å². The Kier molecular flexibility index (Phi) is 3.41. The second-order valence-electron chi connectivity index (χ2n) is 4.35. The number of aromatic nitrogens is 2. The fourth-order valence-corrected chi connectivity index (χ4v) is 2.17. The number of carbonyl (C=O) groups excluding carboxylic acids is 2. The Bertz CT molecular complexity index is 421. The molecule has 1 aliphatic rings. The van der Waals surface area contributed by atoms with E-state index < -0.39 is 5.91 Å². The van der Waals surface area contributed by atoms with Crippen molar-refractivity contribution in [2.45, 2.75) is 32.1 Å². The van der Waals surface area contributed by atoms with Gasteiger partial charge in [-0.2, -0.15) is 5.10 Å². The second-order valence-corrected chi connectivity index (χ2v) is 4.35. The van der Waals surface area contributed by atoms with E-state index in [1.165, 1.54) is 12.6 Å². The highest BCUT2D eigenvalue weighted by atomic mass is 16.2. The Balaban J connectivity index is 2.02. The van der Waals surface area contributed by atoms with E-state index in [0.717, 1.165) is 25.7 Å². The number of hydrogen-bond acceptors (Lipinski definition) is 3. The van der Waals surface area contributed by atoms with E-state index in [9.17, 15) is 9.59 Å². The van der Waals surface area contributed by atoms with Crippen LogP contribution < -0.4 is 11.1 Å². The van der Waals surface area contributed by atoms with E-state index in [-0.39, 0.29) is 17.5 Å². The largest absolute Gasteiger partial charge is 0.364 e. The molecule has 0 atom stereocenters. The van der Waals surface area contributed by atoms with Crippen molar-refractivity contribution < 1.29 is 9.59 Å². The molecule has 6 heteroatoms. The highest BCUT2D eigenvalue weighted by molar-refractivity contribution is 6.01. The van der Waals surface area contributed by atoms with E-state index in [2.05, 4.69) is 15.5 Å². The highest BCUT2D eigenvalue weighted by Crippen LogP contribution is 2.25. The summed E-state index contributed by atoms with van der Waals surface area (Å²) < 4.78 is 0. The van der Waals surface area contributed by atoms with Gasteiger partial charge >= 0.3 is 0 Å². The zero-order chi connectivity index (χ0) is 12.3. The standard InChI is InChI=1S/C11H16N4O2/c12-10(16)9-8(6-13-15-9)14-11(17)7-4-2-1-3-5-7/h6-7H,1-5H2,(H2,12,16)(H,13,15)(H,14,17). The molecule has 1 aromatic heterocycles. The molecule has 0 saturated heterocycles.